The highest BCUT2D eigenvalue weighted by molar-refractivity contribution is 5.85. The number of hydrogen-bond donors (Lipinski definition) is 1. The molecule has 1 aliphatic rings. The van der Waals surface area contributed by atoms with E-state index >= 15 is 0 Å². The second-order valence-electron chi connectivity index (χ2n) is 6.48. The number of likely N-dealkylation sites (N-methyl/N-ethyl adjacent to an activating group) is 1. The summed E-state index contributed by atoms with van der Waals surface area (Å²) in [6.45, 7) is 5.39. The van der Waals surface area contributed by atoms with Gasteiger partial charge in [0.25, 0.3) is 0 Å². The first-order chi connectivity index (χ1) is 12.7. The standard InChI is InChI=1S/C18H26F3N5O/c1-4-22-17(23-13-16(27)24(2)3)26-11-9-25(10-12-26)15-7-5-14(6-8-15)18(19,20)21/h5-8H,4,9-13H2,1-3H3,(H,22,23). The molecule has 6 nitrogen and oxygen atoms in total. The molecule has 150 valence electrons. The van der Waals surface area contributed by atoms with E-state index in [0.29, 0.717) is 38.7 Å². The topological polar surface area (TPSA) is 51.2 Å². The summed E-state index contributed by atoms with van der Waals surface area (Å²) < 4.78 is 38.1. The summed E-state index contributed by atoms with van der Waals surface area (Å²) in [6.07, 6.45) is -4.32. The monoisotopic (exact) mass is 385 g/mol. The Labute approximate surface area is 157 Å². The van der Waals surface area contributed by atoms with E-state index in [9.17, 15) is 18.0 Å². The molecule has 1 heterocycles. The van der Waals surface area contributed by atoms with E-state index in [1.165, 1.54) is 17.0 Å². The van der Waals surface area contributed by atoms with Gasteiger partial charge in [-0.25, -0.2) is 4.99 Å². The van der Waals surface area contributed by atoms with Crippen LogP contribution in [-0.4, -0.2) is 75.0 Å². The van der Waals surface area contributed by atoms with Gasteiger partial charge in [-0.2, -0.15) is 13.2 Å². The van der Waals surface area contributed by atoms with Gasteiger partial charge in [0.05, 0.1) is 5.56 Å². The van der Waals surface area contributed by atoms with Gasteiger partial charge in [0.15, 0.2) is 5.96 Å². The average molecular weight is 385 g/mol. The number of aliphatic imine (C=N–C) groups is 1. The number of piperazine rings is 1. The van der Waals surface area contributed by atoms with Crippen molar-refractivity contribution in [2.45, 2.75) is 13.1 Å². The van der Waals surface area contributed by atoms with Gasteiger partial charge < -0.3 is 20.0 Å². The van der Waals surface area contributed by atoms with Crippen molar-refractivity contribution in [1.29, 1.82) is 0 Å². The molecule has 1 fully saturated rings. The minimum atomic E-state index is -4.32. The lowest BCUT2D eigenvalue weighted by molar-refractivity contribution is -0.137. The maximum absolute atomic E-state index is 12.7. The summed E-state index contributed by atoms with van der Waals surface area (Å²) >= 11 is 0. The second kappa shape index (κ2) is 8.96. The molecule has 0 bridgehead atoms. The third-order valence-corrected chi connectivity index (χ3v) is 4.34. The predicted octanol–water partition coefficient (Wildman–Crippen LogP) is 1.88. The number of rotatable bonds is 4. The number of alkyl halides is 3. The molecular weight excluding hydrogens is 359 g/mol. The van der Waals surface area contributed by atoms with Crippen molar-refractivity contribution >= 4 is 17.6 Å². The number of benzene rings is 1. The first kappa shape index (κ1) is 20.9. The number of anilines is 1. The smallest absolute Gasteiger partial charge is 0.368 e. The van der Waals surface area contributed by atoms with E-state index in [4.69, 9.17) is 0 Å². The number of guanidine groups is 1. The molecule has 0 radical (unpaired) electrons. The largest absolute Gasteiger partial charge is 0.416 e. The van der Waals surface area contributed by atoms with E-state index in [1.54, 1.807) is 14.1 Å². The molecule has 0 spiro atoms. The zero-order chi connectivity index (χ0) is 20.0. The maximum Gasteiger partial charge on any atom is 0.416 e. The molecule has 9 heteroatoms. The summed E-state index contributed by atoms with van der Waals surface area (Å²) in [5, 5.41) is 3.19. The Kier molecular flexibility index (Phi) is 6.92. The number of nitrogens with one attached hydrogen (secondary N) is 1. The number of carbonyl (C=O) groups excluding carboxylic acids is 1. The Morgan fingerprint density at radius 1 is 1.15 bits per heavy atom. The Hall–Kier alpha value is -2.45. The molecule has 0 atom stereocenters. The van der Waals surface area contributed by atoms with Crippen LogP contribution in [-0.2, 0) is 11.0 Å². The van der Waals surface area contributed by atoms with E-state index < -0.39 is 11.7 Å². The number of hydrogen-bond acceptors (Lipinski definition) is 3. The van der Waals surface area contributed by atoms with E-state index in [-0.39, 0.29) is 12.5 Å². The SMILES string of the molecule is CCNC(=NCC(=O)N(C)C)N1CCN(c2ccc(C(F)(F)F)cc2)CC1. The Balaban J connectivity index is 1.98. The molecule has 0 aromatic heterocycles. The van der Waals surface area contributed by atoms with Crippen LogP contribution >= 0.6 is 0 Å². The third kappa shape index (κ3) is 5.77. The molecule has 0 unspecified atom stereocenters. The normalized spacial score (nSPS) is 15.7. The third-order valence-electron chi connectivity index (χ3n) is 4.34. The van der Waals surface area contributed by atoms with Crippen LogP contribution in [0.5, 0.6) is 0 Å². The van der Waals surface area contributed by atoms with E-state index in [1.807, 2.05) is 11.8 Å². The summed E-state index contributed by atoms with van der Waals surface area (Å²) in [5.74, 6) is 0.605. The van der Waals surface area contributed by atoms with Crippen LogP contribution in [0.15, 0.2) is 29.3 Å². The summed E-state index contributed by atoms with van der Waals surface area (Å²) in [5.41, 5.74) is 0.129. The first-order valence-electron chi connectivity index (χ1n) is 8.88. The summed E-state index contributed by atoms with van der Waals surface area (Å²) in [4.78, 5) is 21.8. The van der Waals surface area contributed by atoms with Crippen LogP contribution in [0.3, 0.4) is 0 Å². The van der Waals surface area contributed by atoms with Gasteiger partial charge in [-0.15, -0.1) is 0 Å². The van der Waals surface area contributed by atoms with Crippen molar-refractivity contribution in [3.63, 3.8) is 0 Å². The van der Waals surface area contributed by atoms with Crippen LogP contribution in [0.25, 0.3) is 0 Å². The van der Waals surface area contributed by atoms with Gasteiger partial charge in [0.1, 0.15) is 6.54 Å². The van der Waals surface area contributed by atoms with Crippen LogP contribution < -0.4 is 10.2 Å². The molecule has 2 rings (SSSR count). The van der Waals surface area contributed by atoms with E-state index in [0.717, 1.165) is 17.8 Å². The summed E-state index contributed by atoms with van der Waals surface area (Å²) in [6, 6.07) is 5.24. The Morgan fingerprint density at radius 2 is 1.74 bits per heavy atom. The van der Waals surface area contributed by atoms with Crippen LogP contribution in [0.2, 0.25) is 0 Å². The number of amides is 1. The van der Waals surface area contributed by atoms with Gasteiger partial charge in [-0.3, -0.25) is 4.79 Å². The zero-order valence-electron chi connectivity index (χ0n) is 15.9. The second-order valence-corrected chi connectivity index (χ2v) is 6.48. The fraction of sp³-hybridized carbons (Fsp3) is 0.556. The van der Waals surface area contributed by atoms with Crippen molar-refractivity contribution in [1.82, 2.24) is 15.1 Å². The molecule has 1 aromatic rings. The van der Waals surface area contributed by atoms with E-state index in [2.05, 4.69) is 15.2 Å². The van der Waals surface area contributed by atoms with Crippen molar-refractivity contribution in [3.05, 3.63) is 29.8 Å². The van der Waals surface area contributed by atoms with Crippen LogP contribution in [0.1, 0.15) is 12.5 Å². The quantitative estimate of drug-likeness (QED) is 0.635. The fourth-order valence-electron chi connectivity index (χ4n) is 2.75. The number of carbonyl (C=O) groups is 1. The lowest BCUT2D eigenvalue weighted by Crippen LogP contribution is -2.52. The molecule has 1 saturated heterocycles. The maximum atomic E-state index is 12.7. The fourth-order valence-corrected chi connectivity index (χ4v) is 2.75. The zero-order valence-corrected chi connectivity index (χ0v) is 15.9. The highest BCUT2D eigenvalue weighted by Crippen LogP contribution is 2.30. The highest BCUT2D eigenvalue weighted by Gasteiger charge is 2.30. The molecule has 1 aliphatic heterocycles. The van der Waals surface area contributed by atoms with Crippen LogP contribution in [0, 0.1) is 0 Å². The average Bonchev–Trinajstić information content (AvgIpc) is 2.64. The first-order valence-corrected chi connectivity index (χ1v) is 8.88. The molecule has 0 saturated carbocycles. The predicted molar refractivity (Wildman–Crippen MR) is 99.9 cm³/mol. The highest BCUT2D eigenvalue weighted by atomic mass is 19.4. The van der Waals surface area contributed by atoms with Gasteiger partial charge in [0, 0.05) is 52.5 Å². The number of halogens is 3. The van der Waals surface area contributed by atoms with Crippen molar-refractivity contribution in [2.24, 2.45) is 4.99 Å². The minimum absolute atomic E-state index is 0.0752. The summed E-state index contributed by atoms with van der Waals surface area (Å²) in [7, 11) is 3.38. The van der Waals surface area contributed by atoms with Gasteiger partial charge >= 0.3 is 6.18 Å². The van der Waals surface area contributed by atoms with Gasteiger partial charge in [0.2, 0.25) is 5.91 Å². The number of nitrogens with zero attached hydrogens (tertiary/aromatic N) is 4. The van der Waals surface area contributed by atoms with Crippen molar-refractivity contribution in [2.75, 3.05) is 58.3 Å². The molecule has 1 amide bonds. The molecule has 27 heavy (non-hydrogen) atoms. The molecule has 1 N–H and O–H groups in total. The van der Waals surface area contributed by atoms with Crippen LogP contribution in [0.4, 0.5) is 18.9 Å². The lowest BCUT2D eigenvalue weighted by atomic mass is 10.1. The molecular formula is C18H26F3N5O. The lowest BCUT2D eigenvalue weighted by Gasteiger charge is -2.37. The Morgan fingerprint density at radius 3 is 2.22 bits per heavy atom. The van der Waals surface area contributed by atoms with Gasteiger partial charge in [-0.05, 0) is 31.2 Å². The molecule has 0 aliphatic carbocycles. The Bertz CT molecular complexity index is 650. The van der Waals surface area contributed by atoms with Crippen molar-refractivity contribution in [3.8, 4) is 0 Å². The minimum Gasteiger partial charge on any atom is -0.368 e. The molecule has 1 aromatic carbocycles. The van der Waals surface area contributed by atoms with Gasteiger partial charge in [-0.1, -0.05) is 0 Å². The van der Waals surface area contributed by atoms with Crippen molar-refractivity contribution < 1.29 is 18.0 Å².